The fourth-order valence-electron chi connectivity index (χ4n) is 1.49. The van der Waals surface area contributed by atoms with E-state index >= 15 is 0 Å². The fourth-order valence-corrected chi connectivity index (χ4v) is 1.89. The van der Waals surface area contributed by atoms with Gasteiger partial charge in [0.2, 0.25) is 0 Å². The first-order valence-corrected chi connectivity index (χ1v) is 5.45. The number of aliphatic hydroxyl groups is 1. The summed E-state index contributed by atoms with van der Waals surface area (Å²) in [6.07, 6.45) is 0. The van der Waals surface area contributed by atoms with Crippen LogP contribution < -0.4 is 9.47 Å². The normalized spacial score (nSPS) is 11.4. The summed E-state index contributed by atoms with van der Waals surface area (Å²) in [6, 6.07) is 1.46. The van der Waals surface area contributed by atoms with Crippen molar-refractivity contribution in [1.29, 1.82) is 0 Å². The second kappa shape index (κ2) is 4.59. The quantitative estimate of drug-likeness (QED) is 0.931. The number of benzene rings is 1. The molecule has 0 radical (unpaired) electrons. The van der Waals surface area contributed by atoms with Gasteiger partial charge in [-0.15, -0.1) is 0 Å². The summed E-state index contributed by atoms with van der Waals surface area (Å²) in [7, 11) is 2.86. The van der Waals surface area contributed by atoms with Crippen LogP contribution in [0.2, 0.25) is 0 Å². The van der Waals surface area contributed by atoms with Gasteiger partial charge in [-0.1, -0.05) is 0 Å². The molecule has 1 aromatic rings. The van der Waals surface area contributed by atoms with Crippen LogP contribution in [0.1, 0.15) is 19.4 Å². The summed E-state index contributed by atoms with van der Waals surface area (Å²) in [5.74, 6) is 0.0220. The minimum absolute atomic E-state index is 0.0706. The van der Waals surface area contributed by atoms with Gasteiger partial charge in [0.25, 0.3) is 0 Å². The Kier molecular flexibility index (Phi) is 3.80. The molecule has 1 rings (SSSR count). The van der Waals surface area contributed by atoms with Crippen LogP contribution in [0.3, 0.4) is 0 Å². The van der Waals surface area contributed by atoms with Gasteiger partial charge in [-0.05, 0) is 29.8 Å². The molecule has 1 aromatic carbocycles. The fraction of sp³-hybridized carbons (Fsp3) is 0.455. The Bertz CT molecular complexity index is 399. The molecule has 0 aromatic heterocycles. The summed E-state index contributed by atoms with van der Waals surface area (Å²) in [4.78, 5) is 0. The largest absolute Gasteiger partial charge is 0.493 e. The van der Waals surface area contributed by atoms with Crippen LogP contribution in [-0.4, -0.2) is 19.3 Å². The van der Waals surface area contributed by atoms with Gasteiger partial charge < -0.3 is 14.6 Å². The summed E-state index contributed by atoms with van der Waals surface area (Å²) >= 11 is 3.07. The van der Waals surface area contributed by atoms with Crippen LogP contribution in [-0.2, 0) is 5.60 Å². The van der Waals surface area contributed by atoms with E-state index in [-0.39, 0.29) is 15.8 Å². The first-order valence-electron chi connectivity index (χ1n) is 4.65. The van der Waals surface area contributed by atoms with Gasteiger partial charge in [-0.3, -0.25) is 0 Å². The highest BCUT2D eigenvalue weighted by atomic mass is 79.9. The third-order valence-electron chi connectivity index (χ3n) is 2.17. The molecule has 3 nitrogen and oxygen atoms in total. The van der Waals surface area contributed by atoms with E-state index < -0.39 is 11.4 Å². The van der Waals surface area contributed by atoms with Gasteiger partial charge >= 0.3 is 0 Å². The van der Waals surface area contributed by atoms with Crippen molar-refractivity contribution in [1.82, 2.24) is 0 Å². The van der Waals surface area contributed by atoms with Crippen LogP contribution in [0.15, 0.2) is 10.5 Å². The van der Waals surface area contributed by atoms with Crippen LogP contribution in [0, 0.1) is 5.82 Å². The smallest absolute Gasteiger partial charge is 0.169 e. The zero-order chi connectivity index (χ0) is 12.5. The number of ether oxygens (including phenoxy) is 2. The number of hydrogen-bond acceptors (Lipinski definition) is 3. The van der Waals surface area contributed by atoms with Crippen molar-refractivity contribution in [3.05, 3.63) is 21.9 Å². The van der Waals surface area contributed by atoms with E-state index in [1.807, 2.05) is 0 Å². The summed E-state index contributed by atoms with van der Waals surface area (Å²) in [6.45, 7) is 2.97. The van der Waals surface area contributed by atoms with Crippen molar-refractivity contribution in [2.45, 2.75) is 19.4 Å². The Morgan fingerprint density at radius 1 is 1.31 bits per heavy atom. The monoisotopic (exact) mass is 292 g/mol. The lowest BCUT2D eigenvalue weighted by molar-refractivity contribution is 0.0707. The van der Waals surface area contributed by atoms with E-state index in [0.29, 0.717) is 5.75 Å². The maximum Gasteiger partial charge on any atom is 0.169 e. The molecule has 0 heterocycles. The standard InChI is InChI=1S/C11H14BrFO3/c1-11(2,14)8-9(13)6(12)5-7(15-3)10(8)16-4/h5,14H,1-4H3. The predicted molar refractivity (Wildman–Crippen MR) is 62.4 cm³/mol. The van der Waals surface area contributed by atoms with Crippen molar-refractivity contribution in [2.75, 3.05) is 14.2 Å². The summed E-state index contributed by atoms with van der Waals surface area (Å²) < 4.78 is 24.3. The van der Waals surface area contributed by atoms with Gasteiger partial charge in [0.15, 0.2) is 11.5 Å². The zero-order valence-electron chi connectivity index (χ0n) is 9.60. The third kappa shape index (κ3) is 2.30. The molecule has 16 heavy (non-hydrogen) atoms. The molecular weight excluding hydrogens is 279 g/mol. The number of halogens is 2. The summed E-state index contributed by atoms with van der Waals surface area (Å²) in [5, 5.41) is 9.93. The Hall–Kier alpha value is -0.810. The van der Waals surface area contributed by atoms with E-state index in [1.165, 1.54) is 34.1 Å². The number of hydrogen-bond donors (Lipinski definition) is 1. The molecule has 0 saturated heterocycles. The van der Waals surface area contributed by atoms with Gasteiger partial charge in [-0.25, -0.2) is 4.39 Å². The molecule has 0 unspecified atom stereocenters. The molecule has 0 fully saturated rings. The lowest BCUT2D eigenvalue weighted by Gasteiger charge is -2.23. The van der Waals surface area contributed by atoms with Crippen LogP contribution in [0.5, 0.6) is 11.5 Å². The molecule has 0 aliphatic carbocycles. The van der Waals surface area contributed by atoms with Crippen molar-refractivity contribution >= 4 is 15.9 Å². The number of rotatable bonds is 3. The molecule has 0 spiro atoms. The van der Waals surface area contributed by atoms with E-state index in [0.717, 1.165) is 0 Å². The molecule has 0 aliphatic heterocycles. The molecule has 0 bridgehead atoms. The highest BCUT2D eigenvalue weighted by Gasteiger charge is 2.29. The van der Waals surface area contributed by atoms with Gasteiger partial charge in [0.1, 0.15) is 5.82 Å². The first-order chi connectivity index (χ1) is 7.32. The third-order valence-corrected chi connectivity index (χ3v) is 2.75. The first kappa shape index (κ1) is 13.3. The van der Waals surface area contributed by atoms with Gasteiger partial charge in [-0.2, -0.15) is 0 Å². The second-order valence-electron chi connectivity index (χ2n) is 3.84. The van der Waals surface area contributed by atoms with E-state index in [2.05, 4.69) is 15.9 Å². The molecule has 90 valence electrons. The van der Waals surface area contributed by atoms with E-state index in [4.69, 9.17) is 9.47 Å². The van der Waals surface area contributed by atoms with Gasteiger partial charge in [0.05, 0.1) is 29.9 Å². The SMILES string of the molecule is COc1cc(Br)c(F)c(C(C)(C)O)c1OC. The maximum absolute atomic E-state index is 13.9. The highest BCUT2D eigenvalue weighted by molar-refractivity contribution is 9.10. The van der Waals surface area contributed by atoms with Crippen molar-refractivity contribution in [3.63, 3.8) is 0 Å². The average molecular weight is 293 g/mol. The molecule has 0 atom stereocenters. The van der Waals surface area contributed by atoms with E-state index in [1.54, 1.807) is 0 Å². The highest BCUT2D eigenvalue weighted by Crippen LogP contribution is 2.42. The Balaban J connectivity index is 3.60. The molecule has 0 saturated carbocycles. The Labute approximate surface area is 102 Å². The minimum atomic E-state index is -1.35. The predicted octanol–water partition coefficient (Wildman–Crippen LogP) is 2.83. The lowest BCUT2D eigenvalue weighted by Crippen LogP contribution is -2.19. The molecule has 0 amide bonds. The van der Waals surface area contributed by atoms with Crippen LogP contribution in [0.25, 0.3) is 0 Å². The Morgan fingerprint density at radius 3 is 2.25 bits per heavy atom. The summed E-state index contributed by atoms with van der Waals surface area (Å²) in [5.41, 5.74) is -1.28. The van der Waals surface area contributed by atoms with Crippen LogP contribution in [0.4, 0.5) is 4.39 Å². The molecule has 1 N–H and O–H groups in total. The average Bonchev–Trinajstić information content (AvgIpc) is 2.19. The van der Waals surface area contributed by atoms with Crippen molar-refractivity contribution in [2.24, 2.45) is 0 Å². The van der Waals surface area contributed by atoms with Crippen LogP contribution >= 0.6 is 15.9 Å². The maximum atomic E-state index is 13.9. The topological polar surface area (TPSA) is 38.7 Å². The second-order valence-corrected chi connectivity index (χ2v) is 4.70. The number of methoxy groups -OCH3 is 2. The molecule has 5 heteroatoms. The minimum Gasteiger partial charge on any atom is -0.493 e. The van der Waals surface area contributed by atoms with Gasteiger partial charge in [0, 0.05) is 6.07 Å². The molecule has 0 aliphatic rings. The lowest BCUT2D eigenvalue weighted by atomic mass is 9.96. The van der Waals surface area contributed by atoms with Crippen molar-refractivity contribution in [3.8, 4) is 11.5 Å². The molecular formula is C11H14BrFO3. The Morgan fingerprint density at radius 2 is 1.88 bits per heavy atom. The van der Waals surface area contributed by atoms with E-state index in [9.17, 15) is 9.50 Å². The zero-order valence-corrected chi connectivity index (χ0v) is 11.2. The van der Waals surface area contributed by atoms with Crippen molar-refractivity contribution < 1.29 is 19.0 Å².